The highest BCUT2D eigenvalue weighted by molar-refractivity contribution is 5.70. The number of rotatable bonds is 3. The quantitative estimate of drug-likeness (QED) is 0.869. The maximum atomic E-state index is 12.3. The summed E-state index contributed by atoms with van der Waals surface area (Å²) in [6, 6.07) is 0.908. The van der Waals surface area contributed by atoms with Crippen molar-refractivity contribution in [2.45, 2.75) is 12.6 Å². The van der Waals surface area contributed by atoms with E-state index in [0.717, 1.165) is 6.07 Å². The molecule has 0 spiro atoms. The number of aliphatic carboxylic acids is 1. The van der Waals surface area contributed by atoms with E-state index in [0.29, 0.717) is 6.20 Å². The van der Waals surface area contributed by atoms with E-state index >= 15 is 0 Å². The van der Waals surface area contributed by atoms with Crippen LogP contribution in [0.3, 0.4) is 0 Å². The fourth-order valence-corrected chi connectivity index (χ4v) is 1.000. The van der Waals surface area contributed by atoms with Gasteiger partial charge in [0.15, 0.2) is 0 Å². The van der Waals surface area contributed by atoms with Gasteiger partial charge in [-0.15, -0.1) is 0 Å². The first-order valence-corrected chi connectivity index (χ1v) is 4.30. The third kappa shape index (κ3) is 3.72. The van der Waals surface area contributed by atoms with Gasteiger partial charge in [-0.1, -0.05) is 12.2 Å². The standard InChI is InChI=1S/C10H8F3NO2/c11-10(12,13)8-4-7(5-14-6-8)2-1-3-9(15)16/h1-2,4-6H,3H2,(H,15,16). The molecule has 0 aliphatic heterocycles. The summed E-state index contributed by atoms with van der Waals surface area (Å²) in [6.07, 6.45) is -0.183. The van der Waals surface area contributed by atoms with Crippen LogP contribution in [0, 0.1) is 0 Å². The Labute approximate surface area is 89.2 Å². The lowest BCUT2D eigenvalue weighted by Gasteiger charge is -2.05. The molecule has 3 nitrogen and oxygen atoms in total. The second-order valence-corrected chi connectivity index (χ2v) is 3.00. The summed E-state index contributed by atoms with van der Waals surface area (Å²) in [5.74, 6) is -1.05. The predicted octanol–water partition coefficient (Wildman–Crippen LogP) is 2.59. The average molecular weight is 231 g/mol. The molecular weight excluding hydrogens is 223 g/mol. The summed E-state index contributed by atoms with van der Waals surface area (Å²) in [7, 11) is 0. The van der Waals surface area contributed by atoms with Crippen LogP contribution < -0.4 is 0 Å². The fraction of sp³-hybridized carbons (Fsp3) is 0.200. The summed E-state index contributed by atoms with van der Waals surface area (Å²) in [4.78, 5) is 13.6. The number of hydrogen-bond acceptors (Lipinski definition) is 2. The van der Waals surface area contributed by atoms with Crippen molar-refractivity contribution in [1.29, 1.82) is 0 Å². The van der Waals surface area contributed by atoms with Gasteiger partial charge in [0, 0.05) is 12.4 Å². The van der Waals surface area contributed by atoms with E-state index < -0.39 is 17.7 Å². The molecule has 0 bridgehead atoms. The molecule has 0 aliphatic rings. The zero-order valence-electron chi connectivity index (χ0n) is 8.03. The van der Waals surface area contributed by atoms with Gasteiger partial charge in [0.1, 0.15) is 0 Å². The van der Waals surface area contributed by atoms with Crippen molar-refractivity contribution >= 4 is 12.0 Å². The third-order valence-corrected chi connectivity index (χ3v) is 1.69. The van der Waals surface area contributed by atoms with Crippen LogP contribution in [0.5, 0.6) is 0 Å². The van der Waals surface area contributed by atoms with Crippen LogP contribution in [0.25, 0.3) is 6.08 Å². The van der Waals surface area contributed by atoms with Crippen molar-refractivity contribution in [3.63, 3.8) is 0 Å². The molecule has 0 unspecified atom stereocenters. The molecule has 1 aromatic heterocycles. The van der Waals surface area contributed by atoms with Crippen molar-refractivity contribution in [2.24, 2.45) is 0 Å². The maximum Gasteiger partial charge on any atom is 0.417 e. The minimum atomic E-state index is -4.44. The normalized spacial score (nSPS) is 11.9. The SMILES string of the molecule is O=C(O)CC=Cc1cncc(C(F)(F)F)c1. The highest BCUT2D eigenvalue weighted by Crippen LogP contribution is 2.29. The van der Waals surface area contributed by atoms with Gasteiger partial charge in [0.2, 0.25) is 0 Å². The summed E-state index contributed by atoms with van der Waals surface area (Å²) in [5.41, 5.74) is -0.638. The van der Waals surface area contributed by atoms with Crippen LogP contribution in [-0.4, -0.2) is 16.1 Å². The van der Waals surface area contributed by atoms with Crippen LogP contribution in [0.2, 0.25) is 0 Å². The lowest BCUT2D eigenvalue weighted by molar-refractivity contribution is -0.138. The van der Waals surface area contributed by atoms with Gasteiger partial charge in [0.05, 0.1) is 12.0 Å². The number of carboxylic acid groups (broad SMARTS) is 1. The molecule has 0 aliphatic carbocycles. The van der Waals surface area contributed by atoms with Gasteiger partial charge < -0.3 is 5.11 Å². The summed E-state index contributed by atoms with van der Waals surface area (Å²) in [6.45, 7) is 0. The molecule has 1 rings (SSSR count). The van der Waals surface area contributed by atoms with E-state index in [4.69, 9.17) is 5.11 Å². The van der Waals surface area contributed by atoms with Gasteiger partial charge in [-0.25, -0.2) is 0 Å². The van der Waals surface area contributed by atoms with Crippen LogP contribution in [-0.2, 0) is 11.0 Å². The molecule has 0 amide bonds. The zero-order chi connectivity index (χ0) is 12.2. The largest absolute Gasteiger partial charge is 0.481 e. The number of carboxylic acids is 1. The molecule has 86 valence electrons. The second kappa shape index (κ2) is 4.78. The Morgan fingerprint density at radius 3 is 2.69 bits per heavy atom. The molecule has 0 saturated heterocycles. The third-order valence-electron chi connectivity index (χ3n) is 1.69. The van der Waals surface area contributed by atoms with Gasteiger partial charge in [-0.05, 0) is 11.6 Å². The van der Waals surface area contributed by atoms with Gasteiger partial charge in [0.25, 0.3) is 0 Å². The monoisotopic (exact) mass is 231 g/mol. The van der Waals surface area contributed by atoms with Crippen molar-refractivity contribution in [3.8, 4) is 0 Å². The Bertz CT molecular complexity index is 413. The Balaban J connectivity index is 2.83. The topological polar surface area (TPSA) is 50.2 Å². The van der Waals surface area contributed by atoms with Crippen LogP contribution >= 0.6 is 0 Å². The predicted molar refractivity (Wildman–Crippen MR) is 50.5 cm³/mol. The highest BCUT2D eigenvalue weighted by atomic mass is 19.4. The van der Waals surface area contributed by atoms with Crippen molar-refractivity contribution in [1.82, 2.24) is 4.98 Å². The molecule has 1 heterocycles. The van der Waals surface area contributed by atoms with Crippen molar-refractivity contribution < 1.29 is 23.1 Å². The van der Waals surface area contributed by atoms with Crippen LogP contribution in [0.1, 0.15) is 17.5 Å². The maximum absolute atomic E-state index is 12.3. The number of halogens is 3. The average Bonchev–Trinajstić information content (AvgIpc) is 2.16. The minimum Gasteiger partial charge on any atom is -0.481 e. The Hall–Kier alpha value is -1.85. The smallest absolute Gasteiger partial charge is 0.417 e. The number of aromatic nitrogens is 1. The number of alkyl halides is 3. The lowest BCUT2D eigenvalue weighted by Crippen LogP contribution is -2.05. The van der Waals surface area contributed by atoms with E-state index in [1.165, 1.54) is 18.3 Å². The Morgan fingerprint density at radius 2 is 2.12 bits per heavy atom. The molecule has 1 N–H and O–H groups in total. The van der Waals surface area contributed by atoms with Crippen molar-refractivity contribution in [3.05, 3.63) is 35.7 Å². The first-order valence-electron chi connectivity index (χ1n) is 4.30. The van der Waals surface area contributed by atoms with E-state index in [1.807, 2.05) is 0 Å². The summed E-state index contributed by atoms with van der Waals surface area (Å²) in [5, 5.41) is 8.33. The molecule has 1 aromatic rings. The molecule has 6 heteroatoms. The van der Waals surface area contributed by atoms with Gasteiger partial charge in [-0.2, -0.15) is 13.2 Å². The van der Waals surface area contributed by atoms with E-state index in [9.17, 15) is 18.0 Å². The second-order valence-electron chi connectivity index (χ2n) is 3.00. The molecule has 16 heavy (non-hydrogen) atoms. The molecule has 0 fully saturated rings. The highest BCUT2D eigenvalue weighted by Gasteiger charge is 2.30. The number of nitrogens with zero attached hydrogens (tertiary/aromatic N) is 1. The molecule has 0 aromatic carbocycles. The zero-order valence-corrected chi connectivity index (χ0v) is 8.03. The van der Waals surface area contributed by atoms with E-state index in [-0.39, 0.29) is 12.0 Å². The summed E-state index contributed by atoms with van der Waals surface area (Å²) < 4.78 is 36.8. The number of carbonyl (C=O) groups is 1. The number of pyridine rings is 1. The molecule has 0 radical (unpaired) electrons. The minimum absolute atomic E-state index is 0.219. The first-order chi connectivity index (χ1) is 7.39. The first kappa shape index (κ1) is 12.2. The molecule has 0 atom stereocenters. The fourth-order valence-electron chi connectivity index (χ4n) is 1.000. The van der Waals surface area contributed by atoms with Crippen LogP contribution in [0.4, 0.5) is 13.2 Å². The van der Waals surface area contributed by atoms with Crippen molar-refractivity contribution in [2.75, 3.05) is 0 Å². The molecular formula is C10H8F3NO2. The lowest BCUT2D eigenvalue weighted by atomic mass is 10.2. The van der Waals surface area contributed by atoms with E-state index in [1.54, 1.807) is 0 Å². The number of hydrogen-bond donors (Lipinski definition) is 1. The van der Waals surface area contributed by atoms with E-state index in [2.05, 4.69) is 4.98 Å². The van der Waals surface area contributed by atoms with Crippen LogP contribution in [0.15, 0.2) is 24.5 Å². The van der Waals surface area contributed by atoms with Gasteiger partial charge in [-0.3, -0.25) is 9.78 Å². The Morgan fingerprint density at radius 1 is 1.44 bits per heavy atom. The molecule has 0 saturated carbocycles. The summed E-state index contributed by atoms with van der Waals surface area (Å²) >= 11 is 0. The van der Waals surface area contributed by atoms with Gasteiger partial charge >= 0.3 is 12.1 Å². The Kier molecular flexibility index (Phi) is 3.65.